The number of nitrogens with zero attached hydrogens (tertiary/aromatic N) is 1. The lowest BCUT2D eigenvalue weighted by molar-refractivity contribution is 0.300. The summed E-state index contributed by atoms with van der Waals surface area (Å²) in [5, 5.41) is 8.82. The van der Waals surface area contributed by atoms with Crippen LogP contribution in [0, 0.1) is 17.1 Å². The Kier molecular flexibility index (Phi) is 4.72. The molecule has 0 aliphatic carbocycles. The van der Waals surface area contributed by atoms with Crippen molar-refractivity contribution >= 4 is 15.9 Å². The van der Waals surface area contributed by atoms with Crippen molar-refractivity contribution in [3.05, 3.63) is 63.4 Å². The number of nitriles is 1. The van der Waals surface area contributed by atoms with E-state index in [4.69, 9.17) is 15.7 Å². The first kappa shape index (κ1) is 14.5. The van der Waals surface area contributed by atoms with Crippen LogP contribution in [0.2, 0.25) is 0 Å². The zero-order chi connectivity index (χ0) is 14.5. The van der Waals surface area contributed by atoms with Gasteiger partial charge in [0.25, 0.3) is 0 Å². The van der Waals surface area contributed by atoms with Gasteiger partial charge in [0.2, 0.25) is 0 Å². The van der Waals surface area contributed by atoms with Gasteiger partial charge < -0.3 is 10.5 Å². The average Bonchev–Trinajstić information content (AvgIpc) is 2.45. The number of benzene rings is 2. The van der Waals surface area contributed by atoms with Crippen molar-refractivity contribution in [2.75, 3.05) is 0 Å². The average molecular weight is 335 g/mol. The molecule has 0 aliphatic heterocycles. The van der Waals surface area contributed by atoms with Gasteiger partial charge in [0, 0.05) is 12.1 Å². The van der Waals surface area contributed by atoms with Gasteiger partial charge in [0.05, 0.1) is 16.1 Å². The molecule has 0 amide bonds. The lowest BCUT2D eigenvalue weighted by Gasteiger charge is -2.12. The quantitative estimate of drug-likeness (QED) is 0.930. The number of nitrogens with two attached hydrogens (primary N) is 1. The fourth-order valence-corrected chi connectivity index (χ4v) is 2.35. The number of ether oxygens (including phenoxy) is 1. The van der Waals surface area contributed by atoms with Crippen molar-refractivity contribution in [3.8, 4) is 11.8 Å². The van der Waals surface area contributed by atoms with Crippen molar-refractivity contribution < 1.29 is 9.13 Å². The monoisotopic (exact) mass is 334 g/mol. The molecule has 0 unspecified atom stereocenters. The van der Waals surface area contributed by atoms with Gasteiger partial charge in [0.15, 0.2) is 0 Å². The Morgan fingerprint density at radius 2 is 2.10 bits per heavy atom. The van der Waals surface area contributed by atoms with Gasteiger partial charge in [0.1, 0.15) is 18.2 Å². The Balaban J connectivity index is 2.21. The summed E-state index contributed by atoms with van der Waals surface area (Å²) in [6.45, 7) is 0.517. The third-order valence-electron chi connectivity index (χ3n) is 2.74. The van der Waals surface area contributed by atoms with E-state index < -0.39 is 5.82 Å². The van der Waals surface area contributed by atoms with Gasteiger partial charge in [-0.3, -0.25) is 0 Å². The minimum absolute atomic E-state index is 0.169. The molecule has 0 fully saturated rings. The number of hydrogen-bond acceptors (Lipinski definition) is 3. The molecule has 0 radical (unpaired) electrons. The first-order chi connectivity index (χ1) is 9.63. The van der Waals surface area contributed by atoms with E-state index >= 15 is 0 Å². The third kappa shape index (κ3) is 3.35. The molecule has 0 aliphatic rings. The van der Waals surface area contributed by atoms with Crippen LogP contribution in [0.5, 0.6) is 5.75 Å². The SMILES string of the molecule is N#Cc1cc(F)cc(COc2c(Br)cccc2CN)c1. The molecule has 0 saturated heterocycles. The maximum absolute atomic E-state index is 13.3. The van der Waals surface area contributed by atoms with Crippen molar-refractivity contribution in [2.24, 2.45) is 5.73 Å². The van der Waals surface area contributed by atoms with Crippen LogP contribution in [0.25, 0.3) is 0 Å². The van der Waals surface area contributed by atoms with E-state index in [2.05, 4.69) is 15.9 Å². The van der Waals surface area contributed by atoms with Crippen LogP contribution in [0.1, 0.15) is 16.7 Å². The highest BCUT2D eigenvalue weighted by atomic mass is 79.9. The van der Waals surface area contributed by atoms with Gasteiger partial charge in [-0.1, -0.05) is 12.1 Å². The van der Waals surface area contributed by atoms with E-state index in [1.807, 2.05) is 24.3 Å². The van der Waals surface area contributed by atoms with Gasteiger partial charge >= 0.3 is 0 Å². The normalized spacial score (nSPS) is 10.1. The summed E-state index contributed by atoms with van der Waals surface area (Å²) < 4.78 is 19.8. The highest BCUT2D eigenvalue weighted by Gasteiger charge is 2.08. The Hall–Kier alpha value is -1.90. The molecule has 20 heavy (non-hydrogen) atoms. The summed E-state index contributed by atoms with van der Waals surface area (Å²) in [7, 11) is 0. The largest absolute Gasteiger partial charge is 0.487 e. The van der Waals surface area contributed by atoms with Crippen molar-refractivity contribution in [2.45, 2.75) is 13.2 Å². The first-order valence-corrected chi connectivity index (χ1v) is 6.73. The molecule has 0 aromatic heterocycles. The Morgan fingerprint density at radius 1 is 1.30 bits per heavy atom. The van der Waals surface area contributed by atoms with Crippen LogP contribution < -0.4 is 10.5 Å². The molecular formula is C15H12BrFN2O. The van der Waals surface area contributed by atoms with E-state index in [9.17, 15) is 4.39 Å². The topological polar surface area (TPSA) is 59.0 Å². The van der Waals surface area contributed by atoms with Gasteiger partial charge in [-0.2, -0.15) is 5.26 Å². The van der Waals surface area contributed by atoms with E-state index in [0.29, 0.717) is 17.9 Å². The third-order valence-corrected chi connectivity index (χ3v) is 3.36. The molecule has 3 nitrogen and oxygen atoms in total. The maximum atomic E-state index is 13.3. The summed E-state index contributed by atoms with van der Waals surface area (Å²) in [5.74, 6) is 0.187. The van der Waals surface area contributed by atoms with Crippen molar-refractivity contribution in [1.82, 2.24) is 0 Å². The molecule has 2 aromatic rings. The van der Waals surface area contributed by atoms with Crippen LogP contribution in [-0.4, -0.2) is 0 Å². The van der Waals surface area contributed by atoms with Crippen LogP contribution >= 0.6 is 15.9 Å². The lowest BCUT2D eigenvalue weighted by atomic mass is 10.1. The highest BCUT2D eigenvalue weighted by molar-refractivity contribution is 9.10. The second-order valence-electron chi connectivity index (χ2n) is 4.18. The van der Waals surface area contributed by atoms with Crippen LogP contribution in [0.4, 0.5) is 4.39 Å². The lowest BCUT2D eigenvalue weighted by Crippen LogP contribution is -2.03. The van der Waals surface area contributed by atoms with Crippen molar-refractivity contribution in [3.63, 3.8) is 0 Å². The summed E-state index contributed by atoms with van der Waals surface area (Å²) >= 11 is 3.40. The summed E-state index contributed by atoms with van der Waals surface area (Å²) in [4.78, 5) is 0. The highest BCUT2D eigenvalue weighted by Crippen LogP contribution is 2.29. The summed E-state index contributed by atoms with van der Waals surface area (Å²) in [6, 6.07) is 11.6. The maximum Gasteiger partial charge on any atom is 0.138 e. The molecule has 2 aromatic carbocycles. The van der Waals surface area contributed by atoms with E-state index in [1.54, 1.807) is 6.07 Å². The summed E-state index contributed by atoms with van der Waals surface area (Å²) in [6.07, 6.45) is 0. The standard InChI is InChI=1S/C15H12BrFN2O/c16-14-3-1-2-12(8-19)15(14)20-9-11-4-10(7-18)5-13(17)6-11/h1-6H,8-9,19H2. The van der Waals surface area contributed by atoms with Crippen LogP contribution in [0.3, 0.4) is 0 Å². The fourth-order valence-electron chi connectivity index (χ4n) is 1.83. The molecule has 0 spiro atoms. The van der Waals surface area contributed by atoms with Crippen molar-refractivity contribution in [1.29, 1.82) is 5.26 Å². The molecule has 102 valence electrons. The van der Waals surface area contributed by atoms with Gasteiger partial charge in [-0.25, -0.2) is 4.39 Å². The number of hydrogen-bond donors (Lipinski definition) is 1. The second kappa shape index (κ2) is 6.51. The fraction of sp³-hybridized carbons (Fsp3) is 0.133. The van der Waals surface area contributed by atoms with E-state index in [1.165, 1.54) is 12.1 Å². The second-order valence-corrected chi connectivity index (χ2v) is 5.04. The number of rotatable bonds is 4. The predicted molar refractivity (Wildman–Crippen MR) is 77.5 cm³/mol. The molecule has 5 heteroatoms. The van der Waals surface area contributed by atoms with E-state index in [0.717, 1.165) is 10.0 Å². The molecule has 2 rings (SSSR count). The molecule has 2 N–H and O–H groups in total. The zero-order valence-corrected chi connectivity index (χ0v) is 12.2. The Bertz CT molecular complexity index is 667. The first-order valence-electron chi connectivity index (χ1n) is 5.94. The smallest absolute Gasteiger partial charge is 0.138 e. The summed E-state index contributed by atoms with van der Waals surface area (Å²) in [5.41, 5.74) is 7.38. The molecular weight excluding hydrogens is 323 g/mol. The minimum atomic E-state index is -0.450. The Labute approximate surface area is 124 Å². The van der Waals surface area contributed by atoms with Gasteiger partial charge in [-0.05, 0) is 45.8 Å². The van der Waals surface area contributed by atoms with Gasteiger partial charge in [-0.15, -0.1) is 0 Å². The van der Waals surface area contributed by atoms with E-state index in [-0.39, 0.29) is 12.2 Å². The molecule has 0 saturated carbocycles. The Morgan fingerprint density at radius 3 is 2.80 bits per heavy atom. The predicted octanol–water partition coefficient (Wildman–Crippen LogP) is 3.50. The molecule has 0 heterocycles. The molecule has 0 bridgehead atoms. The minimum Gasteiger partial charge on any atom is -0.487 e. The number of para-hydroxylation sites is 1. The van der Waals surface area contributed by atoms with Crippen LogP contribution in [-0.2, 0) is 13.2 Å². The zero-order valence-electron chi connectivity index (χ0n) is 10.6. The molecule has 0 atom stereocenters. The number of halogens is 2. The van der Waals surface area contributed by atoms with Crippen LogP contribution in [0.15, 0.2) is 40.9 Å².